The third-order valence-electron chi connectivity index (χ3n) is 5.04. The Kier molecular flexibility index (Phi) is 9.62. The number of ether oxygens (including phenoxy) is 1. The van der Waals surface area contributed by atoms with E-state index in [2.05, 4.69) is 119 Å². The van der Waals surface area contributed by atoms with Gasteiger partial charge in [-0.1, -0.05) is 79.9 Å². The van der Waals surface area contributed by atoms with Crippen LogP contribution in [0.5, 0.6) is 5.75 Å². The molecule has 0 aliphatic carbocycles. The van der Waals surface area contributed by atoms with Crippen molar-refractivity contribution in [3.8, 4) is 17.6 Å². The lowest BCUT2D eigenvalue weighted by Crippen LogP contribution is -2.23. The maximum atomic E-state index is 6.51. The topological polar surface area (TPSA) is 12.5 Å². The van der Waals surface area contributed by atoms with Crippen LogP contribution in [0.15, 0.2) is 60.7 Å². The van der Waals surface area contributed by atoms with Crippen LogP contribution in [0, 0.1) is 24.2 Å². The van der Waals surface area contributed by atoms with Crippen LogP contribution < -0.4 is 4.74 Å². The summed E-state index contributed by atoms with van der Waals surface area (Å²) in [5, 5.41) is 0. The number of nitrogens with zero attached hydrogens (tertiary/aromatic N) is 1. The van der Waals surface area contributed by atoms with E-state index < -0.39 is 8.80 Å². The number of rotatable bonds is 9. The van der Waals surface area contributed by atoms with Crippen LogP contribution in [-0.2, 0) is 6.54 Å². The first kappa shape index (κ1) is 25.0. The molecule has 0 aromatic heterocycles. The standard InChI is InChI=1S/C28H39NOSi/c1-8-29(20-11-9-10-19-28(3,4)5)22-24-13-12-14-26(21-24)30-27(31(6)7)25-17-15-23(2)16-18-25/h9,11-18,21,27,31H,8,20,22H2,1-7H3/b11-9+. The molecule has 0 N–H and O–H groups in total. The Hall–Kier alpha value is -2.28. The van der Waals surface area contributed by atoms with Gasteiger partial charge < -0.3 is 4.74 Å². The van der Waals surface area contributed by atoms with E-state index in [1.54, 1.807) is 0 Å². The molecule has 0 radical (unpaired) electrons. The van der Waals surface area contributed by atoms with Crippen molar-refractivity contribution in [3.63, 3.8) is 0 Å². The maximum Gasteiger partial charge on any atom is 0.120 e. The average Bonchev–Trinajstić information content (AvgIpc) is 2.71. The van der Waals surface area contributed by atoms with Crippen molar-refractivity contribution in [1.82, 2.24) is 4.90 Å². The summed E-state index contributed by atoms with van der Waals surface area (Å²) in [4.78, 5) is 2.41. The van der Waals surface area contributed by atoms with Gasteiger partial charge in [-0.3, -0.25) is 4.90 Å². The van der Waals surface area contributed by atoms with Crippen molar-refractivity contribution in [2.75, 3.05) is 13.1 Å². The molecule has 0 saturated heterocycles. The zero-order valence-electron chi connectivity index (χ0n) is 20.4. The van der Waals surface area contributed by atoms with Crippen molar-refractivity contribution in [3.05, 3.63) is 77.4 Å². The highest BCUT2D eigenvalue weighted by Crippen LogP contribution is 2.26. The van der Waals surface area contributed by atoms with Crippen LogP contribution >= 0.6 is 0 Å². The van der Waals surface area contributed by atoms with Gasteiger partial charge in [0.2, 0.25) is 0 Å². The Morgan fingerprint density at radius 2 is 1.81 bits per heavy atom. The van der Waals surface area contributed by atoms with Gasteiger partial charge in [0.05, 0.1) is 8.80 Å². The molecule has 0 heterocycles. The Morgan fingerprint density at radius 3 is 2.42 bits per heavy atom. The molecule has 1 unspecified atom stereocenters. The predicted molar refractivity (Wildman–Crippen MR) is 137 cm³/mol. The summed E-state index contributed by atoms with van der Waals surface area (Å²) in [6, 6.07) is 17.4. The average molecular weight is 434 g/mol. The minimum Gasteiger partial charge on any atom is -0.490 e. The lowest BCUT2D eigenvalue weighted by Gasteiger charge is -2.24. The van der Waals surface area contributed by atoms with E-state index in [-0.39, 0.29) is 11.1 Å². The number of aryl methyl sites for hydroxylation is 1. The first-order valence-corrected chi connectivity index (χ1v) is 14.4. The second-order valence-corrected chi connectivity index (χ2v) is 12.7. The number of hydrogen-bond donors (Lipinski definition) is 0. The van der Waals surface area contributed by atoms with Crippen LogP contribution in [0.1, 0.15) is 50.1 Å². The molecule has 31 heavy (non-hydrogen) atoms. The lowest BCUT2D eigenvalue weighted by atomic mass is 9.98. The predicted octanol–water partition coefficient (Wildman–Crippen LogP) is 6.57. The lowest BCUT2D eigenvalue weighted by molar-refractivity contribution is 0.278. The molecular weight excluding hydrogens is 394 g/mol. The first-order valence-electron chi connectivity index (χ1n) is 11.4. The zero-order chi connectivity index (χ0) is 22.9. The molecule has 0 bridgehead atoms. The van der Waals surface area contributed by atoms with Gasteiger partial charge in [-0.05, 0) is 63.6 Å². The van der Waals surface area contributed by atoms with E-state index in [0.717, 1.165) is 25.4 Å². The van der Waals surface area contributed by atoms with Gasteiger partial charge in [0, 0.05) is 18.5 Å². The molecule has 1 atom stereocenters. The molecule has 0 aliphatic rings. The van der Waals surface area contributed by atoms with Crippen molar-refractivity contribution >= 4 is 8.80 Å². The number of allylic oxidation sites excluding steroid dienone is 1. The second-order valence-electron chi connectivity index (χ2n) is 9.59. The van der Waals surface area contributed by atoms with Gasteiger partial charge in [0.15, 0.2) is 0 Å². The molecule has 0 saturated carbocycles. The molecule has 2 aromatic carbocycles. The van der Waals surface area contributed by atoms with Gasteiger partial charge >= 0.3 is 0 Å². The highest BCUT2D eigenvalue weighted by molar-refractivity contribution is 6.57. The van der Waals surface area contributed by atoms with E-state index in [1.807, 2.05) is 6.08 Å². The fourth-order valence-corrected chi connectivity index (χ4v) is 4.71. The molecule has 2 nitrogen and oxygen atoms in total. The minimum atomic E-state index is -1.04. The largest absolute Gasteiger partial charge is 0.490 e. The summed E-state index contributed by atoms with van der Waals surface area (Å²) in [5.74, 6) is 7.37. The fourth-order valence-electron chi connectivity index (χ4n) is 3.29. The van der Waals surface area contributed by atoms with Crippen LogP contribution in [0.3, 0.4) is 0 Å². The van der Waals surface area contributed by atoms with Crippen LogP contribution in [0.25, 0.3) is 0 Å². The van der Waals surface area contributed by atoms with Crippen molar-refractivity contribution in [2.45, 2.75) is 60.0 Å². The summed E-state index contributed by atoms with van der Waals surface area (Å²) in [6.07, 6.45) is 4.13. The Labute approximate surface area is 191 Å². The van der Waals surface area contributed by atoms with Crippen LogP contribution in [-0.4, -0.2) is 26.8 Å². The molecule has 2 rings (SSSR count). The molecule has 0 amide bonds. The smallest absolute Gasteiger partial charge is 0.120 e. The molecule has 2 aromatic rings. The van der Waals surface area contributed by atoms with Gasteiger partial charge in [-0.15, -0.1) is 0 Å². The second kappa shape index (κ2) is 11.9. The monoisotopic (exact) mass is 433 g/mol. The van der Waals surface area contributed by atoms with Crippen molar-refractivity contribution < 1.29 is 4.74 Å². The molecule has 0 aliphatic heterocycles. The number of benzene rings is 2. The maximum absolute atomic E-state index is 6.51. The molecular formula is C28H39NOSi. The number of hydrogen-bond acceptors (Lipinski definition) is 2. The van der Waals surface area contributed by atoms with E-state index in [9.17, 15) is 0 Å². The normalized spacial score (nSPS) is 12.8. The van der Waals surface area contributed by atoms with Crippen molar-refractivity contribution in [1.29, 1.82) is 0 Å². The molecule has 0 spiro atoms. The van der Waals surface area contributed by atoms with Crippen LogP contribution in [0.2, 0.25) is 13.1 Å². The van der Waals surface area contributed by atoms with E-state index in [0.29, 0.717) is 0 Å². The van der Waals surface area contributed by atoms with Gasteiger partial charge in [-0.2, -0.15) is 0 Å². The minimum absolute atomic E-state index is 0.0461. The van der Waals surface area contributed by atoms with Crippen molar-refractivity contribution in [2.24, 2.45) is 5.41 Å². The number of likely N-dealkylation sites (N-methyl/N-ethyl adjacent to an activating group) is 1. The third-order valence-corrected chi connectivity index (χ3v) is 6.77. The zero-order valence-corrected chi connectivity index (χ0v) is 21.6. The quantitative estimate of drug-likeness (QED) is 0.327. The van der Waals surface area contributed by atoms with E-state index in [4.69, 9.17) is 4.74 Å². The van der Waals surface area contributed by atoms with Gasteiger partial charge in [-0.25, -0.2) is 0 Å². The Bertz CT molecular complexity index is 897. The van der Waals surface area contributed by atoms with Gasteiger partial charge in [0.1, 0.15) is 11.5 Å². The first-order chi connectivity index (χ1) is 14.7. The Balaban J connectivity index is 2.04. The highest BCUT2D eigenvalue weighted by atomic mass is 28.3. The summed E-state index contributed by atoms with van der Waals surface area (Å²) >= 11 is 0. The summed E-state index contributed by atoms with van der Waals surface area (Å²) in [5.41, 5.74) is 4.08. The summed E-state index contributed by atoms with van der Waals surface area (Å²) < 4.78 is 6.51. The molecule has 0 fully saturated rings. The summed E-state index contributed by atoms with van der Waals surface area (Å²) in [7, 11) is -1.04. The summed E-state index contributed by atoms with van der Waals surface area (Å²) in [6.45, 7) is 18.2. The molecule has 3 heteroatoms. The van der Waals surface area contributed by atoms with E-state index >= 15 is 0 Å². The Morgan fingerprint density at radius 1 is 1.10 bits per heavy atom. The SMILES string of the molecule is CCN(C/C=C/C#CC(C)(C)C)Cc1cccc(OC(c2ccc(C)cc2)[SiH](C)C)c1. The highest BCUT2D eigenvalue weighted by Gasteiger charge is 2.19. The third kappa shape index (κ3) is 9.17. The fraction of sp³-hybridized carbons (Fsp3) is 0.429. The van der Waals surface area contributed by atoms with Gasteiger partial charge in [0.25, 0.3) is 0 Å². The van der Waals surface area contributed by atoms with Crippen LogP contribution in [0.4, 0.5) is 0 Å². The molecule has 166 valence electrons. The van der Waals surface area contributed by atoms with E-state index in [1.165, 1.54) is 16.7 Å².